The molecule has 0 saturated heterocycles. The van der Waals surface area contributed by atoms with Crippen LogP contribution in [0.15, 0.2) is 103 Å². The third-order valence-electron chi connectivity index (χ3n) is 4.72. The summed E-state index contributed by atoms with van der Waals surface area (Å²) in [7, 11) is -4.10. The van der Waals surface area contributed by atoms with Gasteiger partial charge < -0.3 is 19.5 Å². The predicted octanol–water partition coefficient (Wildman–Crippen LogP) is 8.16. The van der Waals surface area contributed by atoms with Crippen LogP contribution in [0.25, 0.3) is 0 Å². The van der Waals surface area contributed by atoms with E-state index < -0.39 is 13.4 Å². The third-order valence-corrected chi connectivity index (χ3v) is 7.25. The van der Waals surface area contributed by atoms with E-state index in [2.05, 4.69) is 5.32 Å². The van der Waals surface area contributed by atoms with E-state index in [0.717, 1.165) is 0 Å². The van der Waals surface area contributed by atoms with Crippen molar-refractivity contribution in [3.8, 4) is 17.2 Å². The summed E-state index contributed by atoms with van der Waals surface area (Å²) in [6, 6.07) is 28.8. The van der Waals surface area contributed by atoms with Crippen molar-refractivity contribution in [3.63, 3.8) is 0 Å². The second-order valence-corrected chi connectivity index (χ2v) is 9.88. The van der Waals surface area contributed by atoms with Gasteiger partial charge in [0.25, 0.3) is 0 Å². The fourth-order valence-corrected chi connectivity index (χ4v) is 5.46. The van der Waals surface area contributed by atoms with Crippen LogP contribution in [0.2, 0.25) is 10.0 Å². The van der Waals surface area contributed by atoms with Crippen LogP contribution in [0.4, 0.5) is 5.69 Å². The maximum atomic E-state index is 14.5. The van der Waals surface area contributed by atoms with Crippen LogP contribution in [0.5, 0.6) is 17.2 Å². The number of benzene rings is 4. The fourth-order valence-electron chi connectivity index (χ4n) is 3.18. The highest BCUT2D eigenvalue weighted by molar-refractivity contribution is 7.55. The zero-order valence-electron chi connectivity index (χ0n) is 17.3. The molecule has 8 heteroatoms. The molecule has 0 aromatic heterocycles. The number of aromatic hydroxyl groups is 1. The van der Waals surface area contributed by atoms with Crippen molar-refractivity contribution < 1.29 is 18.7 Å². The lowest BCUT2D eigenvalue weighted by atomic mass is 10.2. The van der Waals surface area contributed by atoms with Crippen LogP contribution >= 0.6 is 30.8 Å². The molecule has 0 aliphatic heterocycles. The number of hydrogen-bond donors (Lipinski definition) is 2. The molecule has 0 bridgehead atoms. The standard InChI is InChI=1S/C25H20Cl2NO4P/c26-18-15-16-22(27)23(17-18)28-25(21-13-7-8-14-24(21)29)33(30,31-19-9-3-1-4-10-19)32-20-11-5-2-6-12-20/h1-17,25,28-29H. The molecule has 0 aliphatic carbocycles. The predicted molar refractivity (Wildman–Crippen MR) is 133 cm³/mol. The van der Waals surface area contributed by atoms with Crippen molar-refractivity contribution >= 4 is 36.5 Å². The Hall–Kier alpha value is -3.11. The van der Waals surface area contributed by atoms with Crippen LogP contribution in [0, 0.1) is 0 Å². The minimum absolute atomic E-state index is 0.0818. The van der Waals surface area contributed by atoms with E-state index >= 15 is 0 Å². The molecule has 5 nitrogen and oxygen atoms in total. The Balaban J connectivity index is 1.85. The molecule has 0 fully saturated rings. The van der Waals surface area contributed by atoms with Crippen LogP contribution in [0.1, 0.15) is 11.3 Å². The summed E-state index contributed by atoms with van der Waals surface area (Å²) in [4.78, 5) is 0. The van der Waals surface area contributed by atoms with Crippen LogP contribution in [-0.4, -0.2) is 5.11 Å². The molecule has 4 aromatic rings. The summed E-state index contributed by atoms with van der Waals surface area (Å²) in [5, 5.41) is 14.6. The molecule has 33 heavy (non-hydrogen) atoms. The number of anilines is 1. The van der Waals surface area contributed by atoms with Crippen molar-refractivity contribution in [2.24, 2.45) is 0 Å². The van der Waals surface area contributed by atoms with Gasteiger partial charge in [0, 0.05) is 10.6 Å². The number of phenols is 1. The molecule has 168 valence electrons. The molecule has 0 aliphatic rings. The van der Waals surface area contributed by atoms with E-state index in [1.807, 2.05) is 12.1 Å². The molecular weight excluding hydrogens is 480 g/mol. The number of hydrogen-bond acceptors (Lipinski definition) is 5. The molecule has 0 saturated carbocycles. The first kappa shape index (κ1) is 23.1. The second-order valence-electron chi connectivity index (χ2n) is 7.08. The first-order chi connectivity index (χ1) is 15.9. The molecule has 1 atom stereocenters. The number of nitrogens with one attached hydrogen (secondary N) is 1. The Labute approximate surface area is 202 Å². The summed E-state index contributed by atoms with van der Waals surface area (Å²) in [6.07, 6.45) is 0. The average Bonchev–Trinajstić information content (AvgIpc) is 2.81. The van der Waals surface area contributed by atoms with Gasteiger partial charge in [-0.15, -0.1) is 0 Å². The van der Waals surface area contributed by atoms with Gasteiger partial charge in [0.1, 0.15) is 17.2 Å². The van der Waals surface area contributed by atoms with E-state index in [-0.39, 0.29) is 5.75 Å². The Morgan fingerprint density at radius 3 is 1.88 bits per heavy atom. The van der Waals surface area contributed by atoms with E-state index in [4.69, 9.17) is 32.2 Å². The third kappa shape index (κ3) is 5.63. The van der Waals surface area contributed by atoms with Crippen LogP contribution < -0.4 is 14.4 Å². The lowest BCUT2D eigenvalue weighted by Crippen LogP contribution is -2.18. The van der Waals surface area contributed by atoms with Crippen molar-refractivity contribution in [1.29, 1.82) is 0 Å². The Kier molecular flexibility index (Phi) is 7.14. The van der Waals surface area contributed by atoms with Crippen molar-refractivity contribution in [2.75, 3.05) is 5.32 Å². The lowest BCUT2D eigenvalue weighted by molar-refractivity contribution is 0.374. The summed E-state index contributed by atoms with van der Waals surface area (Å²) < 4.78 is 26.5. The molecule has 4 rings (SSSR count). The minimum Gasteiger partial charge on any atom is -0.508 e. The van der Waals surface area contributed by atoms with E-state index in [9.17, 15) is 9.67 Å². The highest BCUT2D eigenvalue weighted by atomic mass is 35.5. The number of halogens is 2. The zero-order chi connectivity index (χ0) is 23.3. The maximum Gasteiger partial charge on any atom is 0.457 e. The summed E-state index contributed by atoms with van der Waals surface area (Å²) in [5.74, 6) is -0.524. The quantitative estimate of drug-likeness (QED) is 0.239. The topological polar surface area (TPSA) is 67.8 Å². The highest BCUT2D eigenvalue weighted by Crippen LogP contribution is 2.61. The first-order valence-corrected chi connectivity index (χ1v) is 12.4. The van der Waals surface area contributed by atoms with Gasteiger partial charge in [-0.2, -0.15) is 0 Å². The van der Waals surface area contributed by atoms with Gasteiger partial charge in [0.2, 0.25) is 0 Å². The van der Waals surface area contributed by atoms with Crippen molar-refractivity contribution in [1.82, 2.24) is 0 Å². The van der Waals surface area contributed by atoms with Gasteiger partial charge in [-0.25, -0.2) is 4.57 Å². The summed E-state index contributed by atoms with van der Waals surface area (Å²) in [5.41, 5.74) is 0.717. The lowest BCUT2D eigenvalue weighted by Gasteiger charge is -2.29. The van der Waals surface area contributed by atoms with E-state index in [1.54, 1.807) is 84.9 Å². The van der Waals surface area contributed by atoms with Crippen LogP contribution in [-0.2, 0) is 4.57 Å². The van der Waals surface area contributed by atoms with E-state index in [1.165, 1.54) is 6.07 Å². The van der Waals surface area contributed by atoms with Gasteiger partial charge >= 0.3 is 7.60 Å². The SMILES string of the molecule is O=P(Oc1ccccc1)(Oc1ccccc1)C(Nc1cc(Cl)ccc1Cl)c1ccccc1O. The molecular formula is C25H20Cl2NO4P. The molecule has 4 aromatic carbocycles. The fraction of sp³-hybridized carbons (Fsp3) is 0.0400. The molecule has 0 amide bonds. The number of phenolic OH excluding ortho intramolecular Hbond substituents is 1. The van der Waals surface area contributed by atoms with Gasteiger partial charge in [-0.1, -0.05) is 77.8 Å². The molecule has 1 unspecified atom stereocenters. The van der Waals surface area contributed by atoms with E-state index in [0.29, 0.717) is 32.8 Å². The maximum absolute atomic E-state index is 14.5. The Morgan fingerprint density at radius 2 is 1.30 bits per heavy atom. The summed E-state index contributed by atoms with van der Waals surface area (Å²) >= 11 is 12.6. The largest absolute Gasteiger partial charge is 0.508 e. The molecule has 0 spiro atoms. The highest BCUT2D eigenvalue weighted by Gasteiger charge is 2.42. The average molecular weight is 500 g/mol. The molecule has 0 radical (unpaired) electrons. The Bertz CT molecular complexity index is 1230. The first-order valence-electron chi connectivity index (χ1n) is 10.0. The minimum atomic E-state index is -4.10. The number of para-hydroxylation sites is 3. The van der Waals surface area contributed by atoms with Crippen molar-refractivity contribution in [2.45, 2.75) is 5.78 Å². The van der Waals surface area contributed by atoms with Gasteiger partial charge in [-0.3, -0.25) is 0 Å². The molecule has 0 heterocycles. The molecule has 2 N–H and O–H groups in total. The Morgan fingerprint density at radius 1 is 0.758 bits per heavy atom. The van der Waals surface area contributed by atoms with Crippen molar-refractivity contribution in [3.05, 3.63) is 119 Å². The zero-order valence-corrected chi connectivity index (χ0v) is 19.7. The van der Waals surface area contributed by atoms with Gasteiger partial charge in [0.15, 0.2) is 5.78 Å². The monoisotopic (exact) mass is 499 g/mol. The van der Waals surface area contributed by atoms with Gasteiger partial charge in [-0.05, 0) is 48.5 Å². The van der Waals surface area contributed by atoms with Gasteiger partial charge in [0.05, 0.1) is 10.7 Å². The second kappa shape index (κ2) is 10.2. The summed E-state index contributed by atoms with van der Waals surface area (Å²) in [6.45, 7) is 0. The van der Waals surface area contributed by atoms with Crippen LogP contribution in [0.3, 0.4) is 0 Å². The smallest absolute Gasteiger partial charge is 0.457 e. The number of rotatable bonds is 8. The normalized spacial score (nSPS) is 12.1.